The number of methoxy groups -OCH3 is 1. The molecule has 1 N–H and O–H groups in total. The van der Waals surface area contributed by atoms with E-state index in [9.17, 15) is 14.7 Å². The zero-order valence-electron chi connectivity index (χ0n) is 13.6. The number of ketones is 1. The molecule has 0 radical (unpaired) electrons. The summed E-state index contributed by atoms with van der Waals surface area (Å²) in [6, 6.07) is 5.52. The van der Waals surface area contributed by atoms with Gasteiger partial charge in [-0.15, -0.1) is 0 Å². The van der Waals surface area contributed by atoms with E-state index in [0.29, 0.717) is 17.2 Å². The second-order valence-electron chi connectivity index (χ2n) is 6.17. The first-order valence-electron chi connectivity index (χ1n) is 8.08. The van der Waals surface area contributed by atoms with Crippen LogP contribution in [0.5, 0.6) is 5.75 Å². The van der Waals surface area contributed by atoms with Crippen LogP contribution in [-0.2, 0) is 15.0 Å². The first-order chi connectivity index (χ1) is 11.0. The molecule has 4 nitrogen and oxygen atoms in total. The third-order valence-corrected chi connectivity index (χ3v) is 5.35. The number of ether oxygens (including phenoxy) is 1. The highest BCUT2D eigenvalue weighted by molar-refractivity contribution is 6.34. The van der Waals surface area contributed by atoms with Gasteiger partial charge in [0.15, 0.2) is 0 Å². The highest BCUT2D eigenvalue weighted by Crippen LogP contribution is 2.51. The molecule has 0 aliphatic heterocycles. The van der Waals surface area contributed by atoms with Crippen LogP contribution in [0.4, 0.5) is 0 Å². The molecule has 1 unspecified atom stereocenters. The van der Waals surface area contributed by atoms with Crippen LogP contribution in [0.1, 0.15) is 51.0 Å². The van der Waals surface area contributed by atoms with Crippen molar-refractivity contribution in [1.29, 1.82) is 0 Å². The van der Waals surface area contributed by atoms with Gasteiger partial charge in [-0.25, -0.2) is 4.79 Å². The lowest BCUT2D eigenvalue weighted by Crippen LogP contribution is -2.44. The van der Waals surface area contributed by atoms with Gasteiger partial charge >= 0.3 is 5.97 Å². The number of hydrogen-bond donors (Lipinski definition) is 1. The van der Waals surface area contributed by atoms with Crippen molar-refractivity contribution in [3.63, 3.8) is 0 Å². The number of hydrogen-bond acceptors (Lipinski definition) is 3. The quantitative estimate of drug-likeness (QED) is 0.788. The Kier molecular flexibility index (Phi) is 5.69. The summed E-state index contributed by atoms with van der Waals surface area (Å²) in [5.74, 6) is -2.07. The Morgan fingerprint density at radius 1 is 1.30 bits per heavy atom. The number of carbonyl (C=O) groups excluding carboxylic acids is 1. The molecule has 0 heterocycles. The number of para-hydroxylation sites is 1. The van der Waals surface area contributed by atoms with Crippen LogP contribution in [0.25, 0.3) is 0 Å². The van der Waals surface area contributed by atoms with Crippen molar-refractivity contribution in [1.82, 2.24) is 0 Å². The van der Waals surface area contributed by atoms with E-state index < -0.39 is 23.1 Å². The fraction of sp³-hybridized carbons (Fsp3) is 0.556. The Morgan fingerprint density at radius 3 is 2.48 bits per heavy atom. The summed E-state index contributed by atoms with van der Waals surface area (Å²) in [7, 11) is 1.56. The minimum Gasteiger partial charge on any atom is -0.495 e. The molecule has 1 aliphatic rings. The number of rotatable bonds is 6. The SMILES string of the molecule is CCC(C(=O)C(=O)O)C1(c2cccc(Cl)c2OC)CCCCC1. The topological polar surface area (TPSA) is 63.6 Å². The van der Waals surface area contributed by atoms with Crippen LogP contribution in [0.2, 0.25) is 5.02 Å². The lowest BCUT2D eigenvalue weighted by Gasteiger charge is -2.43. The predicted molar refractivity (Wildman–Crippen MR) is 89.2 cm³/mol. The summed E-state index contributed by atoms with van der Waals surface area (Å²) in [5, 5.41) is 9.74. The maximum Gasteiger partial charge on any atom is 0.372 e. The molecule has 1 aliphatic carbocycles. The molecular weight excluding hydrogens is 316 g/mol. The standard InChI is InChI=1S/C18H23ClO4/c1-3-12(15(20)17(21)22)18(10-5-4-6-11-18)13-8-7-9-14(19)16(13)23-2/h7-9,12H,3-6,10-11H2,1-2H3,(H,21,22). The molecule has 0 aromatic heterocycles. The number of carboxylic acids is 1. The summed E-state index contributed by atoms with van der Waals surface area (Å²) < 4.78 is 5.50. The van der Waals surface area contributed by atoms with Gasteiger partial charge in [0.05, 0.1) is 12.1 Å². The van der Waals surface area contributed by atoms with E-state index in [1.54, 1.807) is 13.2 Å². The molecule has 1 saturated carbocycles. The maximum atomic E-state index is 12.4. The average molecular weight is 339 g/mol. The Bertz CT molecular complexity index is 591. The molecule has 126 valence electrons. The summed E-state index contributed by atoms with van der Waals surface area (Å²) in [6.07, 6.45) is 5.09. The number of carbonyl (C=O) groups is 2. The van der Waals surface area contributed by atoms with Crippen LogP contribution < -0.4 is 4.74 Å². The number of aliphatic carboxylic acids is 1. The van der Waals surface area contributed by atoms with Gasteiger partial charge in [-0.1, -0.05) is 49.9 Å². The lowest BCUT2D eigenvalue weighted by molar-refractivity contribution is -0.152. The van der Waals surface area contributed by atoms with Gasteiger partial charge in [0.2, 0.25) is 5.78 Å². The summed E-state index contributed by atoms with van der Waals surface area (Å²) in [6.45, 7) is 1.87. The van der Waals surface area contributed by atoms with Crippen LogP contribution in [0, 0.1) is 5.92 Å². The third kappa shape index (κ3) is 3.23. The lowest BCUT2D eigenvalue weighted by atomic mass is 9.60. The van der Waals surface area contributed by atoms with Gasteiger partial charge < -0.3 is 9.84 Å². The highest BCUT2D eigenvalue weighted by Gasteiger charge is 2.47. The Morgan fingerprint density at radius 2 is 1.96 bits per heavy atom. The van der Waals surface area contributed by atoms with Crippen LogP contribution >= 0.6 is 11.6 Å². The Hall–Kier alpha value is -1.55. The van der Waals surface area contributed by atoms with Crippen molar-refractivity contribution in [2.75, 3.05) is 7.11 Å². The molecule has 1 atom stereocenters. The normalized spacial score (nSPS) is 18.2. The van der Waals surface area contributed by atoms with Gasteiger partial charge in [-0.2, -0.15) is 0 Å². The molecule has 1 aromatic rings. The van der Waals surface area contributed by atoms with Gasteiger partial charge in [0.25, 0.3) is 0 Å². The smallest absolute Gasteiger partial charge is 0.372 e. The zero-order valence-corrected chi connectivity index (χ0v) is 14.4. The molecule has 2 rings (SSSR count). The first-order valence-corrected chi connectivity index (χ1v) is 8.46. The van der Waals surface area contributed by atoms with E-state index in [1.807, 2.05) is 19.1 Å². The highest BCUT2D eigenvalue weighted by atomic mass is 35.5. The molecule has 0 saturated heterocycles. The first kappa shape index (κ1) is 17.8. The minimum absolute atomic E-state index is 0.487. The van der Waals surface area contributed by atoms with Crippen molar-refractivity contribution < 1.29 is 19.4 Å². The Balaban J connectivity index is 2.62. The second kappa shape index (κ2) is 7.35. The van der Waals surface area contributed by atoms with Crippen LogP contribution in [-0.4, -0.2) is 24.0 Å². The van der Waals surface area contributed by atoms with Crippen LogP contribution in [0.15, 0.2) is 18.2 Å². The third-order valence-electron chi connectivity index (χ3n) is 5.06. The van der Waals surface area contributed by atoms with E-state index >= 15 is 0 Å². The number of benzene rings is 1. The van der Waals surface area contributed by atoms with E-state index in [1.165, 1.54) is 0 Å². The van der Waals surface area contributed by atoms with Gasteiger partial charge in [-0.3, -0.25) is 4.79 Å². The van der Waals surface area contributed by atoms with E-state index in [4.69, 9.17) is 16.3 Å². The van der Waals surface area contributed by atoms with Crippen LogP contribution in [0.3, 0.4) is 0 Å². The molecular formula is C18H23ClO4. The predicted octanol–water partition coefficient (Wildman–Crippen LogP) is 4.23. The minimum atomic E-state index is -1.36. The zero-order chi connectivity index (χ0) is 17.0. The van der Waals surface area contributed by atoms with Crippen molar-refractivity contribution in [2.45, 2.75) is 50.9 Å². The fourth-order valence-electron chi connectivity index (χ4n) is 4.07. The summed E-state index contributed by atoms with van der Waals surface area (Å²) in [4.78, 5) is 23.7. The van der Waals surface area contributed by atoms with E-state index in [-0.39, 0.29) is 0 Å². The molecule has 1 aromatic carbocycles. The van der Waals surface area contributed by atoms with Gasteiger partial charge in [0.1, 0.15) is 5.75 Å². The van der Waals surface area contributed by atoms with Gasteiger partial charge in [0, 0.05) is 16.9 Å². The largest absolute Gasteiger partial charge is 0.495 e. The fourth-order valence-corrected chi connectivity index (χ4v) is 4.32. The molecule has 0 amide bonds. The van der Waals surface area contributed by atoms with E-state index in [2.05, 4.69) is 0 Å². The molecule has 0 spiro atoms. The molecule has 0 bridgehead atoms. The average Bonchev–Trinajstić information content (AvgIpc) is 2.55. The summed E-state index contributed by atoms with van der Waals surface area (Å²) >= 11 is 6.27. The summed E-state index contributed by atoms with van der Waals surface area (Å²) in [5.41, 5.74) is 0.354. The number of halogens is 1. The number of Topliss-reactive ketones (excluding diaryl/α,β-unsaturated/α-hetero) is 1. The molecule has 1 fully saturated rings. The molecule has 5 heteroatoms. The van der Waals surface area contributed by atoms with Crippen molar-refractivity contribution in [2.24, 2.45) is 5.92 Å². The molecule has 23 heavy (non-hydrogen) atoms. The Labute approximate surface area is 141 Å². The number of carboxylic acid groups (broad SMARTS) is 1. The van der Waals surface area contributed by atoms with Gasteiger partial charge in [-0.05, 0) is 25.3 Å². The maximum absolute atomic E-state index is 12.4. The monoisotopic (exact) mass is 338 g/mol. The van der Waals surface area contributed by atoms with Crippen molar-refractivity contribution in [3.05, 3.63) is 28.8 Å². The van der Waals surface area contributed by atoms with Crippen molar-refractivity contribution in [3.8, 4) is 5.75 Å². The van der Waals surface area contributed by atoms with Crippen molar-refractivity contribution >= 4 is 23.4 Å². The van der Waals surface area contributed by atoms with E-state index in [0.717, 1.165) is 37.7 Å². The second-order valence-corrected chi connectivity index (χ2v) is 6.57.